The van der Waals surface area contributed by atoms with E-state index < -0.39 is 5.41 Å². The molecule has 0 saturated heterocycles. The third kappa shape index (κ3) is 3.50. The van der Waals surface area contributed by atoms with E-state index in [1.807, 2.05) is 50.2 Å². The van der Waals surface area contributed by atoms with E-state index >= 15 is 0 Å². The molecule has 172 valence electrons. The van der Waals surface area contributed by atoms with Crippen molar-refractivity contribution >= 4 is 28.4 Å². The minimum atomic E-state index is -0.760. The maximum atomic E-state index is 13.3. The number of nitrogens with one attached hydrogen (secondary N) is 1. The van der Waals surface area contributed by atoms with Gasteiger partial charge >= 0.3 is 0 Å². The molecule has 5 rings (SSSR count). The third-order valence-electron chi connectivity index (χ3n) is 6.40. The second-order valence-electron chi connectivity index (χ2n) is 8.87. The van der Waals surface area contributed by atoms with E-state index in [-0.39, 0.29) is 18.2 Å². The average molecular weight is 456 g/mol. The van der Waals surface area contributed by atoms with Crippen LogP contribution in [0.1, 0.15) is 29.8 Å². The zero-order valence-corrected chi connectivity index (χ0v) is 19.5. The van der Waals surface area contributed by atoms with Crippen LogP contribution >= 0.6 is 0 Å². The first-order chi connectivity index (χ1) is 16.3. The van der Waals surface area contributed by atoms with E-state index in [1.54, 1.807) is 43.4 Å². The molecular weight excluding hydrogens is 430 g/mol. The van der Waals surface area contributed by atoms with Crippen LogP contribution in [0.25, 0.3) is 22.4 Å². The van der Waals surface area contributed by atoms with Crippen LogP contribution in [0.5, 0.6) is 11.5 Å². The van der Waals surface area contributed by atoms with Crippen LogP contribution < -0.4 is 14.4 Å². The fourth-order valence-electron chi connectivity index (χ4n) is 4.41. The van der Waals surface area contributed by atoms with Crippen LogP contribution in [0.3, 0.4) is 0 Å². The summed E-state index contributed by atoms with van der Waals surface area (Å²) in [6, 6.07) is 18.5. The molecule has 7 nitrogen and oxygen atoms in total. The number of benzene rings is 3. The number of carbonyl (C=O) groups is 2. The molecule has 7 heteroatoms. The molecule has 0 aliphatic carbocycles. The van der Waals surface area contributed by atoms with E-state index in [1.165, 1.54) is 0 Å². The van der Waals surface area contributed by atoms with Gasteiger partial charge < -0.3 is 19.4 Å². The highest BCUT2D eigenvalue weighted by molar-refractivity contribution is 6.14. The number of anilines is 1. The second kappa shape index (κ2) is 8.02. The molecule has 0 fully saturated rings. The average Bonchev–Trinajstić information content (AvgIpc) is 3.35. The van der Waals surface area contributed by atoms with Gasteiger partial charge in [-0.3, -0.25) is 9.59 Å². The molecule has 1 amide bonds. The third-order valence-corrected chi connectivity index (χ3v) is 6.40. The number of Topliss-reactive ketones (excluding diaryl/α,β-unsaturated/α-hetero) is 1. The molecule has 2 heterocycles. The minimum absolute atomic E-state index is 0.0519. The van der Waals surface area contributed by atoms with Gasteiger partial charge in [0.2, 0.25) is 5.91 Å². The number of hydrogen-bond donors (Lipinski definition) is 1. The number of H-pyrrole nitrogens is 1. The highest BCUT2D eigenvalue weighted by atomic mass is 16.5. The van der Waals surface area contributed by atoms with Gasteiger partial charge in [0.1, 0.15) is 17.3 Å². The van der Waals surface area contributed by atoms with E-state index in [4.69, 9.17) is 14.5 Å². The summed E-state index contributed by atoms with van der Waals surface area (Å²) in [5, 5.41) is 0. The lowest BCUT2D eigenvalue weighted by Gasteiger charge is -2.20. The number of rotatable bonds is 6. The zero-order chi connectivity index (χ0) is 24.0. The van der Waals surface area contributed by atoms with E-state index in [9.17, 15) is 9.59 Å². The molecule has 1 aliphatic rings. The fourth-order valence-corrected chi connectivity index (χ4v) is 4.41. The van der Waals surface area contributed by atoms with Crippen LogP contribution in [0.15, 0.2) is 60.7 Å². The quantitative estimate of drug-likeness (QED) is 0.424. The summed E-state index contributed by atoms with van der Waals surface area (Å²) in [4.78, 5) is 36.1. The van der Waals surface area contributed by atoms with Crippen molar-refractivity contribution in [1.29, 1.82) is 0 Å². The van der Waals surface area contributed by atoms with E-state index in [0.717, 1.165) is 33.7 Å². The maximum Gasteiger partial charge on any atom is 0.237 e. The molecule has 0 atom stereocenters. The molecule has 0 radical (unpaired) electrons. The van der Waals surface area contributed by atoms with Crippen molar-refractivity contribution in [2.45, 2.75) is 19.3 Å². The summed E-state index contributed by atoms with van der Waals surface area (Å²) in [5.74, 6) is 1.84. The monoisotopic (exact) mass is 455 g/mol. The van der Waals surface area contributed by atoms with Gasteiger partial charge in [-0.25, -0.2) is 4.98 Å². The van der Waals surface area contributed by atoms with Crippen molar-refractivity contribution in [1.82, 2.24) is 9.97 Å². The van der Waals surface area contributed by atoms with Gasteiger partial charge in [-0.15, -0.1) is 0 Å². The van der Waals surface area contributed by atoms with Gasteiger partial charge in [-0.1, -0.05) is 12.1 Å². The van der Waals surface area contributed by atoms with Crippen molar-refractivity contribution in [3.63, 3.8) is 0 Å². The number of ketones is 1. The Morgan fingerprint density at radius 3 is 2.44 bits per heavy atom. The number of fused-ring (bicyclic) bond motifs is 2. The van der Waals surface area contributed by atoms with Gasteiger partial charge in [-0.2, -0.15) is 0 Å². The Morgan fingerprint density at radius 1 is 1.00 bits per heavy atom. The number of carbonyl (C=O) groups excluding carboxylic acids is 2. The topological polar surface area (TPSA) is 84.5 Å². The van der Waals surface area contributed by atoms with Crippen molar-refractivity contribution < 1.29 is 19.1 Å². The molecular formula is C27H25N3O4. The predicted molar refractivity (Wildman–Crippen MR) is 131 cm³/mol. The zero-order valence-electron chi connectivity index (χ0n) is 19.5. The number of amides is 1. The van der Waals surface area contributed by atoms with Gasteiger partial charge in [0, 0.05) is 11.1 Å². The van der Waals surface area contributed by atoms with Crippen LogP contribution in [0.4, 0.5) is 5.69 Å². The Hall–Kier alpha value is -4.13. The van der Waals surface area contributed by atoms with Gasteiger partial charge in [0.05, 0.1) is 42.9 Å². The number of imidazole rings is 1. The van der Waals surface area contributed by atoms with E-state index in [0.29, 0.717) is 17.0 Å². The van der Waals surface area contributed by atoms with Crippen LogP contribution in [0, 0.1) is 0 Å². The number of hydrogen-bond acceptors (Lipinski definition) is 5. The Labute approximate surface area is 197 Å². The van der Waals surface area contributed by atoms with Crippen molar-refractivity contribution in [3.8, 4) is 22.9 Å². The lowest BCUT2D eigenvalue weighted by atomic mass is 9.86. The minimum Gasteiger partial charge on any atom is -0.497 e. The van der Waals surface area contributed by atoms with Crippen molar-refractivity contribution in [2.24, 2.45) is 0 Å². The van der Waals surface area contributed by atoms with Crippen LogP contribution in [0.2, 0.25) is 0 Å². The molecule has 4 aromatic rings. The molecule has 1 aromatic heterocycles. The summed E-state index contributed by atoms with van der Waals surface area (Å²) in [6.07, 6.45) is 0. The maximum absolute atomic E-state index is 13.3. The smallest absolute Gasteiger partial charge is 0.237 e. The number of methoxy groups -OCH3 is 2. The summed E-state index contributed by atoms with van der Waals surface area (Å²) in [6.45, 7) is 3.72. The normalized spacial score (nSPS) is 14.4. The highest BCUT2D eigenvalue weighted by Gasteiger charge is 2.45. The van der Waals surface area contributed by atoms with Crippen LogP contribution in [-0.4, -0.2) is 42.4 Å². The van der Waals surface area contributed by atoms with Crippen molar-refractivity contribution in [2.75, 3.05) is 25.7 Å². The Bertz CT molecular complexity index is 1420. The fraction of sp³-hybridized carbons (Fsp3) is 0.222. The first kappa shape index (κ1) is 21.7. The molecule has 1 N–H and O–H groups in total. The Balaban J connectivity index is 1.52. The summed E-state index contributed by atoms with van der Waals surface area (Å²) in [7, 11) is 3.19. The second-order valence-corrected chi connectivity index (χ2v) is 8.87. The summed E-state index contributed by atoms with van der Waals surface area (Å²) in [5.41, 5.74) is 3.82. The first-order valence-electron chi connectivity index (χ1n) is 11.0. The SMILES string of the molecule is COc1ccc(-c2nc3cc4c(cc3[nH]2)C(C)(C)C(=O)N4CC(=O)c2cccc(OC)c2)cc1. The van der Waals surface area contributed by atoms with E-state index in [2.05, 4.69) is 4.98 Å². The number of aromatic nitrogens is 2. The van der Waals surface area contributed by atoms with Crippen molar-refractivity contribution in [3.05, 3.63) is 71.8 Å². The van der Waals surface area contributed by atoms with Gasteiger partial charge in [0.25, 0.3) is 0 Å². The number of ether oxygens (including phenoxy) is 2. The Kier molecular flexibility index (Phi) is 5.12. The summed E-state index contributed by atoms with van der Waals surface area (Å²) < 4.78 is 10.5. The number of nitrogens with zero attached hydrogens (tertiary/aromatic N) is 2. The molecule has 0 spiro atoms. The summed E-state index contributed by atoms with van der Waals surface area (Å²) >= 11 is 0. The van der Waals surface area contributed by atoms with Gasteiger partial charge in [0.15, 0.2) is 5.78 Å². The first-order valence-corrected chi connectivity index (χ1v) is 11.0. The molecule has 0 saturated carbocycles. The molecule has 0 bridgehead atoms. The predicted octanol–water partition coefficient (Wildman–Crippen LogP) is 4.75. The molecule has 1 aliphatic heterocycles. The lowest BCUT2D eigenvalue weighted by Crippen LogP contribution is -2.39. The largest absolute Gasteiger partial charge is 0.497 e. The molecule has 34 heavy (non-hydrogen) atoms. The Morgan fingerprint density at radius 2 is 1.74 bits per heavy atom. The highest BCUT2D eigenvalue weighted by Crippen LogP contribution is 2.43. The molecule has 0 unspecified atom stereocenters. The standard InChI is InChI=1S/C27H25N3O4/c1-27(2)20-13-21-22(29-25(28-21)16-8-10-18(33-3)11-9-16)14-23(20)30(26(27)32)15-24(31)17-6-5-7-19(12-17)34-4/h5-14H,15H2,1-4H3,(H,28,29). The lowest BCUT2D eigenvalue weighted by molar-refractivity contribution is -0.122. The van der Waals surface area contributed by atoms with Gasteiger partial charge in [-0.05, 0) is 67.9 Å². The van der Waals surface area contributed by atoms with Crippen LogP contribution in [-0.2, 0) is 10.2 Å². The molecule has 3 aromatic carbocycles. The number of aromatic amines is 1.